The zero-order chi connectivity index (χ0) is 13.8. The summed E-state index contributed by atoms with van der Waals surface area (Å²) in [6.07, 6.45) is 0. The highest BCUT2D eigenvalue weighted by Gasteiger charge is 2.19. The summed E-state index contributed by atoms with van der Waals surface area (Å²) >= 11 is 0. The molecule has 0 fully saturated rings. The molecule has 2 heteroatoms. The van der Waals surface area contributed by atoms with Crippen molar-refractivity contribution in [2.45, 2.75) is 47.6 Å². The van der Waals surface area contributed by atoms with Crippen LogP contribution in [0.25, 0.3) is 0 Å². The van der Waals surface area contributed by atoms with Crippen LogP contribution < -0.4 is 10.1 Å². The van der Waals surface area contributed by atoms with E-state index in [-0.39, 0.29) is 5.41 Å². The SMILES string of the molecule is Cc1ccc(C)c(OCC(C)(C)CNC(C)C)c1. The highest BCUT2D eigenvalue weighted by Crippen LogP contribution is 2.22. The molecule has 0 aromatic heterocycles. The Balaban J connectivity index is 2.55. The number of benzene rings is 1. The highest BCUT2D eigenvalue weighted by molar-refractivity contribution is 5.35. The molecule has 0 saturated carbocycles. The maximum absolute atomic E-state index is 5.97. The summed E-state index contributed by atoms with van der Waals surface area (Å²) in [7, 11) is 0. The minimum absolute atomic E-state index is 0.139. The van der Waals surface area contributed by atoms with Crippen LogP contribution in [-0.2, 0) is 0 Å². The number of hydrogen-bond acceptors (Lipinski definition) is 2. The zero-order valence-electron chi connectivity index (χ0n) is 12.6. The van der Waals surface area contributed by atoms with Crippen molar-refractivity contribution in [3.63, 3.8) is 0 Å². The molecule has 1 aromatic carbocycles. The van der Waals surface area contributed by atoms with Gasteiger partial charge in [-0.1, -0.05) is 39.8 Å². The van der Waals surface area contributed by atoms with Crippen molar-refractivity contribution in [1.82, 2.24) is 5.32 Å². The average molecular weight is 249 g/mol. The number of nitrogens with one attached hydrogen (secondary N) is 1. The number of ether oxygens (including phenoxy) is 1. The van der Waals surface area contributed by atoms with Gasteiger partial charge in [-0.2, -0.15) is 0 Å². The van der Waals surface area contributed by atoms with Crippen molar-refractivity contribution in [2.75, 3.05) is 13.2 Å². The van der Waals surface area contributed by atoms with Gasteiger partial charge in [0.05, 0.1) is 6.61 Å². The molecule has 1 N–H and O–H groups in total. The van der Waals surface area contributed by atoms with Gasteiger partial charge in [0.15, 0.2) is 0 Å². The van der Waals surface area contributed by atoms with E-state index in [0.29, 0.717) is 6.04 Å². The number of rotatable bonds is 6. The van der Waals surface area contributed by atoms with Crippen LogP contribution >= 0.6 is 0 Å². The lowest BCUT2D eigenvalue weighted by Gasteiger charge is -2.27. The Hall–Kier alpha value is -1.02. The lowest BCUT2D eigenvalue weighted by Crippen LogP contribution is -2.37. The molecule has 0 bridgehead atoms. The average Bonchev–Trinajstić information content (AvgIpc) is 2.28. The minimum atomic E-state index is 0.139. The first kappa shape index (κ1) is 15.0. The second-order valence-electron chi connectivity index (χ2n) is 6.26. The second-order valence-corrected chi connectivity index (χ2v) is 6.26. The summed E-state index contributed by atoms with van der Waals surface area (Å²) in [4.78, 5) is 0. The molecule has 1 rings (SSSR count). The van der Waals surface area contributed by atoms with Crippen LogP contribution in [-0.4, -0.2) is 19.2 Å². The zero-order valence-corrected chi connectivity index (χ0v) is 12.6. The van der Waals surface area contributed by atoms with Crippen LogP contribution in [0.3, 0.4) is 0 Å². The number of aryl methyl sites for hydroxylation is 2. The molecule has 0 saturated heterocycles. The van der Waals surface area contributed by atoms with Gasteiger partial charge in [0.1, 0.15) is 5.75 Å². The van der Waals surface area contributed by atoms with Gasteiger partial charge in [0.2, 0.25) is 0 Å². The Morgan fingerprint density at radius 1 is 1.22 bits per heavy atom. The van der Waals surface area contributed by atoms with Gasteiger partial charge in [-0.05, 0) is 31.0 Å². The van der Waals surface area contributed by atoms with Gasteiger partial charge in [-0.3, -0.25) is 0 Å². The molecule has 1 aromatic rings. The monoisotopic (exact) mass is 249 g/mol. The lowest BCUT2D eigenvalue weighted by atomic mass is 9.94. The normalized spacial score (nSPS) is 11.9. The highest BCUT2D eigenvalue weighted by atomic mass is 16.5. The summed E-state index contributed by atoms with van der Waals surface area (Å²) in [5.41, 5.74) is 2.59. The molecule has 18 heavy (non-hydrogen) atoms. The third-order valence-electron chi connectivity index (χ3n) is 2.95. The third kappa shape index (κ3) is 5.09. The van der Waals surface area contributed by atoms with E-state index in [2.05, 4.69) is 65.1 Å². The molecule has 0 spiro atoms. The molecule has 102 valence electrons. The first-order chi connectivity index (χ1) is 8.30. The molecule has 0 aliphatic heterocycles. The summed E-state index contributed by atoms with van der Waals surface area (Å²) in [6, 6.07) is 6.86. The predicted molar refractivity (Wildman–Crippen MR) is 78.3 cm³/mol. The smallest absolute Gasteiger partial charge is 0.122 e. The van der Waals surface area contributed by atoms with E-state index in [1.165, 1.54) is 11.1 Å². The summed E-state index contributed by atoms with van der Waals surface area (Å²) in [5.74, 6) is 1.01. The summed E-state index contributed by atoms with van der Waals surface area (Å²) in [5, 5.41) is 3.47. The van der Waals surface area contributed by atoms with Gasteiger partial charge in [-0.25, -0.2) is 0 Å². The van der Waals surface area contributed by atoms with Gasteiger partial charge in [-0.15, -0.1) is 0 Å². The standard InChI is InChI=1S/C16H27NO/c1-12(2)17-10-16(5,6)11-18-15-9-13(3)7-8-14(15)4/h7-9,12,17H,10-11H2,1-6H3. The van der Waals surface area contributed by atoms with Crippen LogP contribution in [0.1, 0.15) is 38.8 Å². The van der Waals surface area contributed by atoms with Crippen molar-refractivity contribution < 1.29 is 4.74 Å². The van der Waals surface area contributed by atoms with E-state index in [9.17, 15) is 0 Å². The first-order valence-corrected chi connectivity index (χ1v) is 6.73. The second kappa shape index (κ2) is 6.24. The Morgan fingerprint density at radius 2 is 1.89 bits per heavy atom. The van der Waals surface area contributed by atoms with Gasteiger partial charge >= 0.3 is 0 Å². The maximum atomic E-state index is 5.97. The predicted octanol–water partition coefficient (Wildman–Crippen LogP) is 3.71. The fourth-order valence-electron chi connectivity index (χ4n) is 1.67. The quantitative estimate of drug-likeness (QED) is 0.830. The van der Waals surface area contributed by atoms with Gasteiger partial charge < -0.3 is 10.1 Å². The van der Waals surface area contributed by atoms with Crippen molar-refractivity contribution in [1.29, 1.82) is 0 Å². The first-order valence-electron chi connectivity index (χ1n) is 6.73. The van der Waals surface area contributed by atoms with Crippen molar-refractivity contribution >= 4 is 0 Å². The van der Waals surface area contributed by atoms with Gasteiger partial charge in [0, 0.05) is 18.0 Å². The van der Waals surface area contributed by atoms with Gasteiger partial charge in [0.25, 0.3) is 0 Å². The van der Waals surface area contributed by atoms with Crippen LogP contribution in [0.15, 0.2) is 18.2 Å². The fraction of sp³-hybridized carbons (Fsp3) is 0.625. The molecule has 0 atom stereocenters. The van der Waals surface area contributed by atoms with Crippen molar-refractivity contribution in [3.8, 4) is 5.75 Å². The molecular weight excluding hydrogens is 222 g/mol. The Morgan fingerprint density at radius 3 is 2.50 bits per heavy atom. The van der Waals surface area contributed by atoms with Crippen LogP contribution in [0.5, 0.6) is 5.75 Å². The van der Waals surface area contributed by atoms with E-state index in [0.717, 1.165) is 18.9 Å². The molecular formula is C16H27NO. The van der Waals surface area contributed by atoms with Crippen LogP contribution in [0, 0.1) is 19.3 Å². The lowest BCUT2D eigenvalue weighted by molar-refractivity contribution is 0.172. The molecule has 0 amide bonds. The maximum Gasteiger partial charge on any atom is 0.122 e. The topological polar surface area (TPSA) is 21.3 Å². The van der Waals surface area contributed by atoms with Crippen molar-refractivity contribution in [3.05, 3.63) is 29.3 Å². The number of hydrogen-bond donors (Lipinski definition) is 1. The van der Waals surface area contributed by atoms with Crippen molar-refractivity contribution in [2.24, 2.45) is 5.41 Å². The Labute approximate surface area is 112 Å². The molecule has 0 heterocycles. The molecule has 0 aliphatic carbocycles. The molecule has 0 aliphatic rings. The molecule has 0 radical (unpaired) electrons. The fourth-order valence-corrected chi connectivity index (χ4v) is 1.67. The Kier molecular flexibility index (Phi) is 5.21. The summed E-state index contributed by atoms with van der Waals surface area (Å²) < 4.78 is 5.97. The minimum Gasteiger partial charge on any atom is -0.493 e. The Bertz CT molecular complexity index is 383. The largest absolute Gasteiger partial charge is 0.493 e. The van der Waals surface area contributed by atoms with E-state index >= 15 is 0 Å². The van der Waals surface area contributed by atoms with E-state index in [1.807, 2.05) is 0 Å². The van der Waals surface area contributed by atoms with Crippen LogP contribution in [0.2, 0.25) is 0 Å². The molecule has 2 nitrogen and oxygen atoms in total. The summed E-state index contributed by atoms with van der Waals surface area (Å²) in [6.45, 7) is 14.7. The van der Waals surface area contributed by atoms with E-state index < -0.39 is 0 Å². The third-order valence-corrected chi connectivity index (χ3v) is 2.95. The van der Waals surface area contributed by atoms with E-state index in [1.54, 1.807) is 0 Å². The molecule has 0 unspecified atom stereocenters. The van der Waals surface area contributed by atoms with E-state index in [4.69, 9.17) is 4.74 Å². The van der Waals surface area contributed by atoms with Crippen LogP contribution in [0.4, 0.5) is 0 Å².